The summed E-state index contributed by atoms with van der Waals surface area (Å²) in [5.41, 5.74) is 2.11. The van der Waals surface area contributed by atoms with Crippen LogP contribution in [0.15, 0.2) is 30.5 Å². The normalized spacial score (nSPS) is 11.9. The van der Waals surface area contributed by atoms with Crippen LogP contribution in [-0.4, -0.2) is 38.0 Å². The Kier molecular flexibility index (Phi) is 4.88. The topological polar surface area (TPSA) is 97.1 Å². The Labute approximate surface area is 128 Å². The molecule has 0 aliphatic heterocycles. The highest BCUT2D eigenvalue weighted by Crippen LogP contribution is 2.09. The largest absolute Gasteiger partial charge is 0.481 e. The molecule has 22 heavy (non-hydrogen) atoms. The van der Waals surface area contributed by atoms with Crippen molar-refractivity contribution < 1.29 is 14.7 Å². The lowest BCUT2D eigenvalue weighted by atomic mass is 10.2. The van der Waals surface area contributed by atoms with Gasteiger partial charge < -0.3 is 10.4 Å². The van der Waals surface area contributed by atoms with E-state index in [1.165, 1.54) is 4.68 Å². The first-order chi connectivity index (χ1) is 10.5. The standard InChI is InChI=1S/C15H18N4O3/c1-10-4-3-5-12(8-10)19-9-13(17-18-19)15(22)16-11(2)6-7-14(20)21/h3-5,8-9,11H,6-7H2,1-2H3,(H,16,22)(H,20,21). The van der Waals surface area contributed by atoms with Crippen LogP contribution in [0.2, 0.25) is 0 Å². The van der Waals surface area contributed by atoms with Crippen molar-refractivity contribution in [3.63, 3.8) is 0 Å². The van der Waals surface area contributed by atoms with Crippen molar-refractivity contribution in [1.29, 1.82) is 0 Å². The number of rotatable bonds is 6. The molecule has 1 heterocycles. The summed E-state index contributed by atoms with van der Waals surface area (Å²) in [5, 5.41) is 19.1. The third kappa shape index (κ3) is 4.15. The van der Waals surface area contributed by atoms with E-state index in [-0.39, 0.29) is 24.1 Å². The molecule has 0 saturated heterocycles. The summed E-state index contributed by atoms with van der Waals surface area (Å²) in [6.45, 7) is 3.73. The fourth-order valence-corrected chi connectivity index (χ4v) is 1.97. The van der Waals surface area contributed by atoms with Gasteiger partial charge in [-0.15, -0.1) is 5.10 Å². The highest BCUT2D eigenvalue weighted by molar-refractivity contribution is 5.92. The highest BCUT2D eigenvalue weighted by Gasteiger charge is 2.14. The first kappa shape index (κ1) is 15.7. The van der Waals surface area contributed by atoms with Crippen molar-refractivity contribution in [2.75, 3.05) is 0 Å². The Bertz CT molecular complexity index is 681. The predicted molar refractivity (Wildman–Crippen MR) is 79.9 cm³/mol. The third-order valence-electron chi connectivity index (χ3n) is 3.16. The lowest BCUT2D eigenvalue weighted by molar-refractivity contribution is -0.137. The van der Waals surface area contributed by atoms with E-state index in [4.69, 9.17) is 5.11 Å². The predicted octanol–water partition coefficient (Wildman–Crippen LogP) is 1.56. The quantitative estimate of drug-likeness (QED) is 0.844. The van der Waals surface area contributed by atoms with Crippen LogP contribution in [-0.2, 0) is 4.79 Å². The van der Waals surface area contributed by atoms with E-state index in [1.807, 2.05) is 31.2 Å². The van der Waals surface area contributed by atoms with Crippen LogP contribution in [0, 0.1) is 6.92 Å². The van der Waals surface area contributed by atoms with Crippen LogP contribution in [0.1, 0.15) is 35.8 Å². The number of carbonyl (C=O) groups is 2. The van der Waals surface area contributed by atoms with Gasteiger partial charge in [0.1, 0.15) is 0 Å². The number of nitrogens with zero attached hydrogens (tertiary/aromatic N) is 3. The molecule has 2 aromatic rings. The molecule has 1 unspecified atom stereocenters. The van der Waals surface area contributed by atoms with Crippen LogP contribution >= 0.6 is 0 Å². The van der Waals surface area contributed by atoms with Crippen LogP contribution in [0.25, 0.3) is 5.69 Å². The zero-order valence-corrected chi connectivity index (χ0v) is 12.5. The second-order valence-corrected chi connectivity index (χ2v) is 5.19. The molecule has 1 atom stereocenters. The molecule has 0 bridgehead atoms. The number of aliphatic carboxylic acids is 1. The second kappa shape index (κ2) is 6.84. The van der Waals surface area contributed by atoms with E-state index in [2.05, 4.69) is 15.6 Å². The van der Waals surface area contributed by atoms with E-state index in [9.17, 15) is 9.59 Å². The molecule has 0 aliphatic carbocycles. The monoisotopic (exact) mass is 302 g/mol. The van der Waals surface area contributed by atoms with Gasteiger partial charge >= 0.3 is 5.97 Å². The molecule has 2 rings (SSSR count). The number of aromatic nitrogens is 3. The van der Waals surface area contributed by atoms with E-state index < -0.39 is 5.97 Å². The maximum Gasteiger partial charge on any atom is 0.303 e. The number of carbonyl (C=O) groups excluding carboxylic acids is 1. The molecular formula is C15H18N4O3. The van der Waals surface area contributed by atoms with Crippen LogP contribution in [0.3, 0.4) is 0 Å². The van der Waals surface area contributed by atoms with E-state index >= 15 is 0 Å². The molecule has 0 radical (unpaired) electrons. The number of aryl methyl sites for hydroxylation is 1. The van der Waals surface area contributed by atoms with E-state index in [1.54, 1.807) is 13.1 Å². The average molecular weight is 302 g/mol. The van der Waals surface area contributed by atoms with Crippen molar-refractivity contribution in [3.05, 3.63) is 41.7 Å². The molecule has 1 aromatic carbocycles. The summed E-state index contributed by atoms with van der Waals surface area (Å²) in [7, 11) is 0. The van der Waals surface area contributed by atoms with Gasteiger partial charge in [0.15, 0.2) is 5.69 Å². The molecule has 0 spiro atoms. The first-order valence-electron chi connectivity index (χ1n) is 6.98. The summed E-state index contributed by atoms with van der Waals surface area (Å²) in [6, 6.07) is 7.44. The van der Waals surface area contributed by atoms with Crippen molar-refractivity contribution in [1.82, 2.24) is 20.3 Å². The maximum absolute atomic E-state index is 12.0. The number of nitrogens with one attached hydrogen (secondary N) is 1. The number of amides is 1. The fourth-order valence-electron chi connectivity index (χ4n) is 1.97. The zero-order chi connectivity index (χ0) is 16.1. The summed E-state index contributed by atoms with van der Waals surface area (Å²) in [6.07, 6.45) is 1.93. The van der Waals surface area contributed by atoms with Crippen LogP contribution in [0.5, 0.6) is 0 Å². The Hall–Kier alpha value is -2.70. The number of carboxylic acid groups (broad SMARTS) is 1. The summed E-state index contributed by atoms with van der Waals surface area (Å²) < 4.78 is 1.53. The van der Waals surface area contributed by atoms with Gasteiger partial charge in [0.2, 0.25) is 0 Å². The fraction of sp³-hybridized carbons (Fsp3) is 0.333. The van der Waals surface area contributed by atoms with Crippen LogP contribution < -0.4 is 5.32 Å². The number of carboxylic acids is 1. The summed E-state index contributed by atoms with van der Waals surface area (Å²) in [5.74, 6) is -1.25. The minimum Gasteiger partial charge on any atom is -0.481 e. The van der Waals surface area contributed by atoms with Gasteiger partial charge in [-0.1, -0.05) is 17.3 Å². The smallest absolute Gasteiger partial charge is 0.303 e. The molecule has 1 aromatic heterocycles. The molecule has 2 N–H and O–H groups in total. The molecular weight excluding hydrogens is 284 g/mol. The van der Waals surface area contributed by atoms with Gasteiger partial charge in [-0.05, 0) is 38.0 Å². The lowest BCUT2D eigenvalue weighted by Gasteiger charge is -2.10. The van der Waals surface area contributed by atoms with Crippen molar-refractivity contribution in [2.24, 2.45) is 0 Å². The molecule has 1 amide bonds. The average Bonchev–Trinajstić information content (AvgIpc) is 2.95. The molecule has 0 fully saturated rings. The Morgan fingerprint density at radius 1 is 1.41 bits per heavy atom. The summed E-state index contributed by atoms with van der Waals surface area (Å²) in [4.78, 5) is 22.5. The Balaban J connectivity index is 2.01. The second-order valence-electron chi connectivity index (χ2n) is 5.19. The van der Waals surface area contributed by atoms with Crippen molar-refractivity contribution >= 4 is 11.9 Å². The van der Waals surface area contributed by atoms with Gasteiger partial charge in [-0.3, -0.25) is 9.59 Å². The Morgan fingerprint density at radius 3 is 2.86 bits per heavy atom. The molecule has 7 nitrogen and oxygen atoms in total. The van der Waals surface area contributed by atoms with Crippen molar-refractivity contribution in [2.45, 2.75) is 32.7 Å². The van der Waals surface area contributed by atoms with Crippen LogP contribution in [0.4, 0.5) is 0 Å². The lowest BCUT2D eigenvalue weighted by Crippen LogP contribution is -2.33. The number of benzene rings is 1. The van der Waals surface area contributed by atoms with E-state index in [0.717, 1.165) is 11.3 Å². The summed E-state index contributed by atoms with van der Waals surface area (Å²) >= 11 is 0. The Morgan fingerprint density at radius 2 is 2.18 bits per heavy atom. The third-order valence-corrected chi connectivity index (χ3v) is 3.16. The first-order valence-corrected chi connectivity index (χ1v) is 6.98. The molecule has 0 saturated carbocycles. The SMILES string of the molecule is Cc1cccc(-n2cc(C(=O)NC(C)CCC(=O)O)nn2)c1. The minimum absolute atomic E-state index is 0.0113. The van der Waals surface area contributed by atoms with Crippen molar-refractivity contribution in [3.8, 4) is 5.69 Å². The van der Waals surface area contributed by atoms with Gasteiger partial charge in [0.05, 0.1) is 11.9 Å². The van der Waals surface area contributed by atoms with E-state index in [0.29, 0.717) is 6.42 Å². The van der Waals surface area contributed by atoms with Gasteiger partial charge in [0.25, 0.3) is 5.91 Å². The molecule has 0 aliphatic rings. The molecule has 7 heteroatoms. The zero-order valence-electron chi connectivity index (χ0n) is 12.5. The minimum atomic E-state index is -0.883. The van der Waals surface area contributed by atoms with Gasteiger partial charge in [-0.25, -0.2) is 4.68 Å². The maximum atomic E-state index is 12.0. The number of hydrogen-bond acceptors (Lipinski definition) is 4. The van der Waals surface area contributed by atoms with Gasteiger partial charge in [0, 0.05) is 12.5 Å². The highest BCUT2D eigenvalue weighted by atomic mass is 16.4. The molecule has 116 valence electrons. The number of hydrogen-bond donors (Lipinski definition) is 2. The van der Waals surface area contributed by atoms with Gasteiger partial charge in [-0.2, -0.15) is 0 Å².